The van der Waals surface area contributed by atoms with Gasteiger partial charge in [0.05, 0.1) is 7.11 Å². The maximum absolute atomic E-state index is 12.1. The van der Waals surface area contributed by atoms with Crippen LogP contribution in [0.5, 0.6) is 0 Å². The van der Waals surface area contributed by atoms with E-state index in [1.165, 1.54) is 30.7 Å². The molecule has 0 aliphatic heterocycles. The van der Waals surface area contributed by atoms with Crippen LogP contribution in [0.1, 0.15) is 71.6 Å². The van der Waals surface area contributed by atoms with Gasteiger partial charge in [0.25, 0.3) is 0 Å². The van der Waals surface area contributed by atoms with Gasteiger partial charge in [-0.15, -0.1) is 0 Å². The molecule has 0 aromatic carbocycles. The number of nitrogens with zero attached hydrogens (tertiary/aromatic N) is 1. The van der Waals surface area contributed by atoms with Crippen LogP contribution < -0.4 is 0 Å². The highest BCUT2D eigenvalue weighted by Gasteiger charge is 2.21. The fraction of sp³-hybridized carbons (Fsp3) is 0.933. The van der Waals surface area contributed by atoms with Crippen LogP contribution in [0, 0.1) is 5.92 Å². The molecule has 0 spiro atoms. The Morgan fingerprint density at radius 2 is 1.56 bits per heavy atom. The van der Waals surface area contributed by atoms with Crippen molar-refractivity contribution in [3.8, 4) is 0 Å². The SMILES string of the molecule is CCCCCCCC(CCCC)C(=O)N(C)OC. The third-order valence-corrected chi connectivity index (χ3v) is 3.50. The van der Waals surface area contributed by atoms with Gasteiger partial charge in [0.1, 0.15) is 0 Å². The van der Waals surface area contributed by atoms with E-state index >= 15 is 0 Å². The molecular formula is C15H31NO2. The van der Waals surface area contributed by atoms with Crippen molar-refractivity contribution in [2.75, 3.05) is 14.2 Å². The minimum Gasteiger partial charge on any atom is -0.275 e. The van der Waals surface area contributed by atoms with Crippen LogP contribution in [0.15, 0.2) is 0 Å². The topological polar surface area (TPSA) is 29.5 Å². The van der Waals surface area contributed by atoms with Crippen molar-refractivity contribution >= 4 is 5.91 Å². The molecule has 1 amide bonds. The van der Waals surface area contributed by atoms with Crippen molar-refractivity contribution in [2.24, 2.45) is 5.92 Å². The monoisotopic (exact) mass is 257 g/mol. The molecule has 1 atom stereocenters. The fourth-order valence-corrected chi connectivity index (χ4v) is 2.18. The summed E-state index contributed by atoms with van der Waals surface area (Å²) >= 11 is 0. The Bertz CT molecular complexity index is 207. The molecular weight excluding hydrogens is 226 g/mol. The number of unbranched alkanes of at least 4 members (excludes halogenated alkanes) is 5. The molecule has 0 aromatic rings. The highest BCUT2D eigenvalue weighted by molar-refractivity contribution is 5.77. The molecule has 3 nitrogen and oxygen atoms in total. The second-order valence-corrected chi connectivity index (χ2v) is 5.06. The molecule has 0 saturated heterocycles. The Morgan fingerprint density at radius 3 is 2.11 bits per heavy atom. The first kappa shape index (κ1) is 17.4. The number of carbonyl (C=O) groups is 1. The van der Waals surface area contributed by atoms with Gasteiger partial charge in [0, 0.05) is 13.0 Å². The van der Waals surface area contributed by atoms with Crippen LogP contribution in [-0.2, 0) is 9.63 Å². The van der Waals surface area contributed by atoms with E-state index in [0.717, 1.165) is 32.1 Å². The maximum atomic E-state index is 12.1. The smallest absolute Gasteiger partial charge is 0.248 e. The van der Waals surface area contributed by atoms with Crippen LogP contribution in [0.4, 0.5) is 0 Å². The van der Waals surface area contributed by atoms with Crippen LogP contribution in [0.2, 0.25) is 0 Å². The zero-order valence-corrected chi connectivity index (χ0v) is 12.7. The van der Waals surface area contributed by atoms with Gasteiger partial charge in [-0.2, -0.15) is 0 Å². The molecule has 0 radical (unpaired) electrons. The van der Waals surface area contributed by atoms with Gasteiger partial charge in [0.15, 0.2) is 0 Å². The third-order valence-electron chi connectivity index (χ3n) is 3.50. The molecule has 0 saturated carbocycles. The Kier molecular flexibility index (Phi) is 11.2. The van der Waals surface area contributed by atoms with Crippen LogP contribution in [0.3, 0.4) is 0 Å². The molecule has 0 heterocycles. The number of hydrogen-bond acceptors (Lipinski definition) is 2. The first-order valence-corrected chi connectivity index (χ1v) is 7.49. The molecule has 0 aliphatic rings. The highest BCUT2D eigenvalue weighted by atomic mass is 16.7. The summed E-state index contributed by atoms with van der Waals surface area (Å²) in [5.41, 5.74) is 0. The maximum Gasteiger partial charge on any atom is 0.248 e. The van der Waals surface area contributed by atoms with Gasteiger partial charge in [-0.05, 0) is 12.8 Å². The standard InChI is InChI=1S/C15H31NO2/c1-5-7-9-10-11-13-14(12-8-6-2)15(17)16(3)18-4/h14H,5-13H2,1-4H3. The number of rotatable bonds is 11. The lowest BCUT2D eigenvalue weighted by Crippen LogP contribution is -2.32. The third kappa shape index (κ3) is 7.70. The van der Waals surface area contributed by atoms with E-state index < -0.39 is 0 Å². The predicted molar refractivity (Wildman–Crippen MR) is 76.2 cm³/mol. The van der Waals surface area contributed by atoms with Crippen LogP contribution in [0.25, 0.3) is 0 Å². The van der Waals surface area contributed by atoms with E-state index in [0.29, 0.717) is 0 Å². The number of hydroxylamine groups is 2. The summed E-state index contributed by atoms with van der Waals surface area (Å²) in [7, 11) is 3.26. The van der Waals surface area contributed by atoms with Gasteiger partial charge in [-0.25, -0.2) is 5.06 Å². The Hall–Kier alpha value is -0.570. The fourth-order valence-electron chi connectivity index (χ4n) is 2.18. The second kappa shape index (κ2) is 11.5. The van der Waals surface area contributed by atoms with Crippen LogP contribution >= 0.6 is 0 Å². The summed E-state index contributed by atoms with van der Waals surface area (Å²) in [6.07, 6.45) is 10.6. The summed E-state index contributed by atoms with van der Waals surface area (Å²) < 4.78 is 0. The molecule has 108 valence electrons. The zero-order valence-electron chi connectivity index (χ0n) is 12.7. The van der Waals surface area contributed by atoms with Gasteiger partial charge >= 0.3 is 0 Å². The summed E-state index contributed by atoms with van der Waals surface area (Å²) in [6.45, 7) is 4.39. The van der Waals surface area contributed by atoms with Gasteiger partial charge in [-0.3, -0.25) is 9.63 Å². The molecule has 0 fully saturated rings. The largest absolute Gasteiger partial charge is 0.275 e. The Morgan fingerprint density at radius 1 is 1.00 bits per heavy atom. The molecule has 0 bridgehead atoms. The summed E-state index contributed by atoms with van der Waals surface area (Å²) in [6, 6.07) is 0. The molecule has 18 heavy (non-hydrogen) atoms. The van der Waals surface area contributed by atoms with E-state index in [1.54, 1.807) is 14.2 Å². The highest BCUT2D eigenvalue weighted by Crippen LogP contribution is 2.19. The van der Waals surface area contributed by atoms with E-state index in [1.807, 2.05) is 0 Å². The summed E-state index contributed by atoms with van der Waals surface area (Å²) in [4.78, 5) is 17.1. The van der Waals surface area contributed by atoms with E-state index in [9.17, 15) is 4.79 Å². The molecule has 0 N–H and O–H groups in total. The van der Waals surface area contributed by atoms with Crippen molar-refractivity contribution in [2.45, 2.75) is 71.6 Å². The van der Waals surface area contributed by atoms with Crippen molar-refractivity contribution in [3.63, 3.8) is 0 Å². The summed E-state index contributed by atoms with van der Waals surface area (Å²) in [5.74, 6) is 0.290. The Labute approximate surface area is 113 Å². The van der Waals surface area contributed by atoms with Gasteiger partial charge in [0.2, 0.25) is 5.91 Å². The minimum absolute atomic E-state index is 0.140. The molecule has 3 heteroatoms. The van der Waals surface area contributed by atoms with E-state index in [2.05, 4.69) is 13.8 Å². The van der Waals surface area contributed by atoms with E-state index in [4.69, 9.17) is 4.84 Å². The number of carbonyl (C=O) groups excluding carboxylic acids is 1. The number of amides is 1. The average molecular weight is 257 g/mol. The lowest BCUT2D eigenvalue weighted by atomic mass is 9.94. The molecule has 0 aliphatic carbocycles. The first-order valence-electron chi connectivity index (χ1n) is 7.49. The van der Waals surface area contributed by atoms with Crippen LogP contribution in [-0.4, -0.2) is 25.1 Å². The second-order valence-electron chi connectivity index (χ2n) is 5.06. The molecule has 0 aromatic heterocycles. The lowest BCUT2D eigenvalue weighted by Gasteiger charge is -2.21. The van der Waals surface area contributed by atoms with Crippen molar-refractivity contribution < 1.29 is 9.63 Å². The first-order chi connectivity index (χ1) is 8.67. The summed E-state index contributed by atoms with van der Waals surface area (Å²) in [5, 5.41) is 1.38. The minimum atomic E-state index is 0.140. The average Bonchev–Trinajstić information content (AvgIpc) is 2.40. The molecule has 0 rings (SSSR count). The Balaban J connectivity index is 4.02. The zero-order chi connectivity index (χ0) is 13.8. The van der Waals surface area contributed by atoms with Crippen molar-refractivity contribution in [3.05, 3.63) is 0 Å². The quantitative estimate of drug-likeness (QED) is 0.410. The van der Waals surface area contributed by atoms with E-state index in [-0.39, 0.29) is 11.8 Å². The normalized spacial score (nSPS) is 12.4. The van der Waals surface area contributed by atoms with Gasteiger partial charge < -0.3 is 0 Å². The molecule has 1 unspecified atom stereocenters. The predicted octanol–water partition coefficient (Wildman–Crippen LogP) is 4.17. The lowest BCUT2D eigenvalue weighted by molar-refractivity contribution is -0.174. The number of hydrogen-bond donors (Lipinski definition) is 0. The van der Waals surface area contributed by atoms with Crippen molar-refractivity contribution in [1.29, 1.82) is 0 Å². The van der Waals surface area contributed by atoms with Crippen molar-refractivity contribution in [1.82, 2.24) is 5.06 Å². The van der Waals surface area contributed by atoms with Gasteiger partial charge in [-0.1, -0.05) is 58.8 Å².